The van der Waals surface area contributed by atoms with E-state index >= 15 is 0 Å². The van der Waals surface area contributed by atoms with Gasteiger partial charge in [-0.3, -0.25) is 9.59 Å². The number of rotatable bonds is 1. The summed E-state index contributed by atoms with van der Waals surface area (Å²) in [5, 5.41) is 0.669. The van der Waals surface area contributed by atoms with Gasteiger partial charge in [0.2, 0.25) is 0 Å². The predicted octanol–water partition coefficient (Wildman–Crippen LogP) is 1.89. The molecular weight excluding hydrogens is 248 g/mol. The van der Waals surface area contributed by atoms with Crippen LogP contribution in [-0.2, 0) is 14.3 Å². The molecule has 3 nitrogen and oxygen atoms in total. The number of carbonyl (C=O) groups excluding carboxylic acids is 2. The Kier molecular flexibility index (Phi) is 2.04. The van der Waals surface area contributed by atoms with Gasteiger partial charge in [0, 0.05) is 10.7 Å². The zero-order valence-electron chi connectivity index (χ0n) is 8.30. The molecule has 1 saturated heterocycles. The van der Waals surface area contributed by atoms with E-state index in [4.69, 9.17) is 4.74 Å². The number of fused-ring (bicyclic) bond motifs is 2. The SMILES string of the molecule is C[C@]12CC[C@H](C(=O)OC1=O)[C@]2(C)CBr. The number of hydrogen-bond acceptors (Lipinski definition) is 3. The van der Waals surface area contributed by atoms with Crippen LogP contribution in [0.1, 0.15) is 26.7 Å². The Morgan fingerprint density at radius 2 is 2.14 bits per heavy atom. The number of alkyl halides is 1. The summed E-state index contributed by atoms with van der Waals surface area (Å²) in [6.45, 7) is 3.90. The van der Waals surface area contributed by atoms with Crippen molar-refractivity contribution in [3.63, 3.8) is 0 Å². The van der Waals surface area contributed by atoms with E-state index < -0.39 is 5.41 Å². The Morgan fingerprint density at radius 1 is 1.50 bits per heavy atom. The molecule has 78 valence electrons. The molecule has 1 heterocycles. The predicted molar refractivity (Wildman–Crippen MR) is 53.8 cm³/mol. The number of ether oxygens (including phenoxy) is 1. The van der Waals surface area contributed by atoms with Crippen LogP contribution in [0.25, 0.3) is 0 Å². The summed E-state index contributed by atoms with van der Waals surface area (Å²) in [5.41, 5.74) is -0.769. The van der Waals surface area contributed by atoms with Crippen molar-refractivity contribution < 1.29 is 14.3 Å². The second kappa shape index (κ2) is 2.81. The van der Waals surface area contributed by atoms with Crippen LogP contribution >= 0.6 is 15.9 Å². The molecule has 0 aromatic heterocycles. The number of esters is 2. The molecule has 0 N–H and O–H groups in total. The van der Waals surface area contributed by atoms with E-state index in [0.29, 0.717) is 5.33 Å². The Labute approximate surface area is 91.3 Å². The minimum Gasteiger partial charge on any atom is -0.392 e. The van der Waals surface area contributed by atoms with E-state index in [9.17, 15) is 9.59 Å². The summed E-state index contributed by atoms with van der Waals surface area (Å²) in [7, 11) is 0. The van der Waals surface area contributed by atoms with Crippen molar-refractivity contribution in [1.82, 2.24) is 0 Å². The second-order valence-corrected chi connectivity index (χ2v) is 5.24. The summed E-state index contributed by atoms with van der Waals surface area (Å²) in [6, 6.07) is 0. The first kappa shape index (κ1) is 10.1. The molecule has 1 aliphatic heterocycles. The molecule has 2 aliphatic rings. The first-order valence-corrected chi connectivity index (χ1v) is 5.90. The molecule has 4 heteroatoms. The van der Waals surface area contributed by atoms with Crippen molar-refractivity contribution in [2.75, 3.05) is 5.33 Å². The third kappa shape index (κ3) is 0.926. The van der Waals surface area contributed by atoms with Crippen LogP contribution in [0.3, 0.4) is 0 Å². The quantitative estimate of drug-likeness (QED) is 0.411. The van der Waals surface area contributed by atoms with E-state index in [0.717, 1.165) is 12.8 Å². The van der Waals surface area contributed by atoms with Crippen LogP contribution < -0.4 is 0 Å². The highest BCUT2D eigenvalue weighted by atomic mass is 79.9. The minimum absolute atomic E-state index is 0.121. The number of carbonyl (C=O) groups is 2. The van der Waals surface area contributed by atoms with Crippen molar-refractivity contribution in [3.8, 4) is 0 Å². The maximum Gasteiger partial charge on any atom is 0.320 e. The minimum atomic E-state index is -0.491. The van der Waals surface area contributed by atoms with Gasteiger partial charge < -0.3 is 4.74 Å². The summed E-state index contributed by atoms with van der Waals surface area (Å²) < 4.78 is 4.77. The van der Waals surface area contributed by atoms with E-state index in [1.165, 1.54) is 0 Å². The van der Waals surface area contributed by atoms with Gasteiger partial charge in [0.05, 0.1) is 11.3 Å². The third-order valence-corrected chi connectivity index (χ3v) is 5.33. The lowest BCUT2D eigenvalue weighted by molar-refractivity contribution is -0.184. The Bertz CT molecular complexity index is 314. The first-order chi connectivity index (χ1) is 6.45. The molecule has 14 heavy (non-hydrogen) atoms. The second-order valence-electron chi connectivity index (χ2n) is 4.68. The van der Waals surface area contributed by atoms with Crippen LogP contribution in [0.2, 0.25) is 0 Å². The molecule has 0 spiro atoms. The van der Waals surface area contributed by atoms with Gasteiger partial charge in [-0.05, 0) is 19.8 Å². The van der Waals surface area contributed by atoms with Gasteiger partial charge in [0.25, 0.3) is 0 Å². The molecule has 2 fully saturated rings. The highest BCUT2D eigenvalue weighted by Crippen LogP contribution is 2.60. The van der Waals surface area contributed by atoms with Gasteiger partial charge in [-0.1, -0.05) is 22.9 Å². The standard InChI is InChI=1S/C10H13BrO3/c1-9-4-3-6(10(9,2)5-11)7(12)14-8(9)13/h6H,3-5H2,1-2H3/t6-,9+,10+/m1/s1. The zero-order chi connectivity index (χ0) is 10.6. The van der Waals surface area contributed by atoms with Gasteiger partial charge in [-0.15, -0.1) is 0 Å². The molecule has 0 unspecified atom stereocenters. The van der Waals surface area contributed by atoms with Gasteiger partial charge in [0.1, 0.15) is 0 Å². The van der Waals surface area contributed by atoms with Crippen molar-refractivity contribution in [2.45, 2.75) is 26.7 Å². The van der Waals surface area contributed by atoms with E-state index in [1.54, 1.807) is 0 Å². The molecule has 0 aromatic carbocycles. The molecule has 1 saturated carbocycles. The zero-order valence-corrected chi connectivity index (χ0v) is 9.89. The fraction of sp³-hybridized carbons (Fsp3) is 0.800. The fourth-order valence-corrected chi connectivity index (χ4v) is 3.66. The van der Waals surface area contributed by atoms with Crippen molar-refractivity contribution in [3.05, 3.63) is 0 Å². The average molecular weight is 261 g/mol. The van der Waals surface area contributed by atoms with E-state index in [1.807, 2.05) is 13.8 Å². The lowest BCUT2D eigenvalue weighted by Crippen LogP contribution is -2.52. The summed E-state index contributed by atoms with van der Waals surface area (Å²) in [5.74, 6) is -0.810. The first-order valence-electron chi connectivity index (χ1n) is 4.78. The van der Waals surface area contributed by atoms with E-state index in [-0.39, 0.29) is 23.3 Å². The van der Waals surface area contributed by atoms with Crippen LogP contribution in [0.15, 0.2) is 0 Å². The normalized spacial score (nSPS) is 46.6. The monoisotopic (exact) mass is 260 g/mol. The highest BCUT2D eigenvalue weighted by Gasteiger charge is 2.65. The smallest absolute Gasteiger partial charge is 0.320 e. The van der Waals surface area contributed by atoms with Crippen molar-refractivity contribution in [2.24, 2.45) is 16.7 Å². The molecule has 0 amide bonds. The van der Waals surface area contributed by atoms with Crippen LogP contribution in [-0.4, -0.2) is 17.3 Å². The average Bonchev–Trinajstić information content (AvgIpc) is 2.34. The fourth-order valence-electron chi connectivity index (χ4n) is 2.65. The lowest BCUT2D eigenvalue weighted by atomic mass is 9.64. The van der Waals surface area contributed by atoms with Crippen LogP contribution in [0, 0.1) is 16.7 Å². The van der Waals surface area contributed by atoms with Gasteiger partial charge >= 0.3 is 11.9 Å². The van der Waals surface area contributed by atoms with Gasteiger partial charge in [-0.2, -0.15) is 0 Å². The topological polar surface area (TPSA) is 43.4 Å². The maximum atomic E-state index is 11.7. The molecule has 3 atom stereocenters. The summed E-state index contributed by atoms with van der Waals surface area (Å²) in [4.78, 5) is 23.2. The molecular formula is C10H13BrO3. The third-order valence-electron chi connectivity index (χ3n) is 4.17. The van der Waals surface area contributed by atoms with Gasteiger partial charge in [0.15, 0.2) is 0 Å². The summed E-state index contributed by atoms with van der Waals surface area (Å²) >= 11 is 3.42. The number of hydrogen-bond donors (Lipinski definition) is 0. The number of halogens is 1. The molecule has 1 aliphatic carbocycles. The Morgan fingerprint density at radius 3 is 2.71 bits per heavy atom. The van der Waals surface area contributed by atoms with Crippen LogP contribution in [0.5, 0.6) is 0 Å². The largest absolute Gasteiger partial charge is 0.392 e. The Hall–Kier alpha value is -0.380. The van der Waals surface area contributed by atoms with Crippen LogP contribution in [0.4, 0.5) is 0 Å². The number of cyclic esters (lactones) is 2. The highest BCUT2D eigenvalue weighted by molar-refractivity contribution is 9.09. The Balaban J connectivity index is 2.51. The molecule has 2 bridgehead atoms. The molecule has 0 radical (unpaired) electrons. The molecule has 2 rings (SSSR count). The van der Waals surface area contributed by atoms with Crippen molar-refractivity contribution in [1.29, 1.82) is 0 Å². The lowest BCUT2D eigenvalue weighted by Gasteiger charge is -2.43. The molecule has 0 aromatic rings. The van der Waals surface area contributed by atoms with Crippen molar-refractivity contribution >= 4 is 27.9 Å². The summed E-state index contributed by atoms with van der Waals surface area (Å²) in [6.07, 6.45) is 1.52. The maximum absolute atomic E-state index is 11.7. The van der Waals surface area contributed by atoms with Gasteiger partial charge in [-0.25, -0.2) is 0 Å². The van der Waals surface area contributed by atoms with E-state index in [2.05, 4.69) is 15.9 Å².